The Balaban J connectivity index is 0.000000286. The Morgan fingerprint density at radius 3 is 0.460 bits per heavy atom. The number of hydrogen-bond donors (Lipinski definition) is 10. The fraction of sp³-hybridized carbons (Fsp3) is 0.750. The minimum atomic E-state index is -0.771. The van der Waals surface area contributed by atoms with E-state index in [0.717, 1.165) is 130 Å². The average molecular weight is 2170 g/mol. The molecule has 0 aromatic rings. The summed E-state index contributed by atoms with van der Waals surface area (Å²) in [7, 11) is 0. The molecule has 20 amide bonds. The third kappa shape index (κ3) is 47.4. The van der Waals surface area contributed by atoms with Crippen molar-refractivity contribution in [1.82, 2.24) is 103 Å². The molecular formula is C100H160N20O30. The fourth-order valence-corrected chi connectivity index (χ4v) is 17.7. The number of imide groups is 5. The summed E-state index contributed by atoms with van der Waals surface area (Å²) < 4.78 is 0. The molecule has 50 nitrogen and oxygen atoms in total. The van der Waals surface area contributed by atoms with Crippen molar-refractivity contribution >= 4 is 148 Å². The van der Waals surface area contributed by atoms with Gasteiger partial charge in [0.25, 0.3) is 59.1 Å². The van der Waals surface area contributed by atoms with Crippen LogP contribution < -0.4 is 53.2 Å². The number of likely N-dealkylation sites (tertiary alicyclic amines) is 5. The lowest BCUT2D eigenvalue weighted by molar-refractivity contribution is -0.197. The Morgan fingerprint density at radius 1 is 0.207 bits per heavy atom. The van der Waals surface area contributed by atoms with E-state index in [1.165, 1.54) is 0 Å². The van der Waals surface area contributed by atoms with Crippen LogP contribution in [0.25, 0.3) is 0 Å². The molecule has 10 fully saturated rings. The van der Waals surface area contributed by atoms with Gasteiger partial charge in [0, 0.05) is 194 Å². The molecule has 5 atom stereocenters. The first-order valence-corrected chi connectivity index (χ1v) is 52.1. The predicted octanol–water partition coefficient (Wildman–Crippen LogP) is 0.584. The minimum absolute atomic E-state index is 0.0177. The lowest BCUT2D eigenvalue weighted by atomic mass is 10.2. The van der Waals surface area contributed by atoms with E-state index < -0.39 is 88.9 Å². The molecular weight excluding hydrogens is 2010 g/mol. The Morgan fingerprint density at radius 2 is 0.333 bits per heavy atom. The molecule has 10 aliphatic heterocycles. The van der Waals surface area contributed by atoms with Crippen LogP contribution in [0.15, 0.2) is 0 Å². The summed E-state index contributed by atoms with van der Waals surface area (Å²) in [6, 6.07) is -0.773. The molecule has 0 aromatic heterocycles. The van der Waals surface area contributed by atoms with Gasteiger partial charge in [0.05, 0.1) is 62.3 Å². The van der Waals surface area contributed by atoms with Gasteiger partial charge in [-0.15, -0.1) is 25.3 Å². The fourth-order valence-electron chi connectivity index (χ4n) is 17.7. The number of hydroxylamine groups is 10. The van der Waals surface area contributed by atoms with Crippen LogP contribution in [-0.2, 0) is 144 Å². The van der Waals surface area contributed by atoms with Crippen LogP contribution in [-0.4, -0.2) is 359 Å². The maximum Gasteiger partial charge on any atom is 0.334 e. The zero-order chi connectivity index (χ0) is 112. The Kier molecular flexibility index (Phi) is 51.5. The van der Waals surface area contributed by atoms with Crippen molar-refractivity contribution in [3.05, 3.63) is 0 Å². The molecule has 0 radical (unpaired) electrons. The molecule has 10 rings (SSSR count). The van der Waals surface area contributed by atoms with Gasteiger partial charge in [-0.05, 0) is 124 Å². The van der Waals surface area contributed by atoms with Gasteiger partial charge in [0.15, 0.2) is 0 Å². The van der Waals surface area contributed by atoms with Crippen LogP contribution in [0.5, 0.6) is 0 Å². The van der Waals surface area contributed by atoms with E-state index >= 15 is 0 Å². The molecule has 0 saturated carbocycles. The van der Waals surface area contributed by atoms with Gasteiger partial charge < -0.3 is 77.4 Å². The molecule has 840 valence electrons. The molecule has 5 unspecified atom stereocenters. The van der Waals surface area contributed by atoms with Crippen LogP contribution >= 0.6 is 0 Å². The molecule has 50 heteroatoms. The van der Waals surface area contributed by atoms with Crippen LogP contribution in [0.2, 0.25) is 0 Å². The van der Waals surface area contributed by atoms with E-state index in [-0.39, 0.29) is 310 Å². The molecule has 0 spiro atoms. The third-order valence-corrected chi connectivity index (χ3v) is 24.2. The second kappa shape index (κ2) is 61.2. The molecule has 10 saturated heterocycles. The first-order chi connectivity index (χ1) is 70.3. The smallest absolute Gasteiger partial charge is 0.334 e. The average Bonchev–Trinajstić information content (AvgIpc) is 1.70. The lowest BCUT2D eigenvalue weighted by Crippen LogP contribution is -2.46. The zero-order valence-corrected chi connectivity index (χ0v) is 90.0. The molecule has 150 heavy (non-hydrogen) atoms. The van der Waals surface area contributed by atoms with E-state index in [0.29, 0.717) is 25.3 Å². The van der Waals surface area contributed by atoms with Gasteiger partial charge in [-0.2, -0.15) is 0 Å². The Labute approximate surface area is 875 Å². The SMILES string of the molecule is CC([13CH3])([13CH3])[13CH2]N1[13CH2][13CH2][13CH2][13CH]1C(=O)[15NH]CCC(=O)[15NH]CCC(=O)ON1C(=O)CCC1=O.CC([13CH3])([13CH3])[13CH2][15N]1[13CH2][13CH2][13CH2][13CH]1C(=O)NCC[13C](=O)NCCC(=O)ON1C(=O)CCC1=O.[13CH3][13C]([13CH3])([13CH3])[13CH2]N1CCC[13CH]1C(=O)[15NH]CCC(=O)[15NH]CC[13C](=O)ON1C(=O)CCC1=O.[13CH3][13C]([13CH3])([13CH3])[13CH2][15N]1CCCC1C(=O)NCC[13C](=O)[15NH]CC[13C](=O)ON1C(=O)CCC1=O.[13CH3][13C]([13CH3])([13CH3])[13CH2][15N]1CCC[13CH]1C(=O)NCC[13C](=O)[15NH]CCC(=O)ON1C(=O)CCC1=O. The molecule has 10 aliphatic rings. The summed E-state index contributed by atoms with van der Waals surface area (Å²) >= 11 is 0. The molecule has 10 heterocycles. The van der Waals surface area contributed by atoms with Gasteiger partial charge in [-0.3, -0.25) is 120 Å². The number of nitrogens with one attached hydrogen (secondary N) is 10. The quantitative estimate of drug-likeness (QED) is 0.0226. The van der Waals surface area contributed by atoms with Crippen molar-refractivity contribution in [2.75, 3.05) is 131 Å². The van der Waals surface area contributed by atoms with Crippen molar-refractivity contribution in [2.24, 2.45) is 27.1 Å². The number of rotatable bonds is 45. The third-order valence-electron chi connectivity index (χ3n) is 24.2. The molecule has 0 bridgehead atoms. The summed E-state index contributed by atoms with van der Waals surface area (Å²) in [4.78, 5) is 328. The summed E-state index contributed by atoms with van der Waals surface area (Å²) in [6.07, 6.45) is 8.95. The van der Waals surface area contributed by atoms with Crippen molar-refractivity contribution in [3.8, 4) is 0 Å². The van der Waals surface area contributed by atoms with E-state index in [2.05, 4.69) is 182 Å². The maximum absolute atomic E-state index is 12.4. The van der Waals surface area contributed by atoms with Crippen molar-refractivity contribution in [1.29, 1.82) is 0 Å². The summed E-state index contributed by atoms with van der Waals surface area (Å²) in [5.74, 6) is -11.2. The topological polar surface area (TPSA) is 626 Å². The van der Waals surface area contributed by atoms with E-state index in [4.69, 9.17) is 24.2 Å². The number of carbonyl (C=O) groups is 25. The lowest BCUT2D eigenvalue weighted by Gasteiger charge is -2.30. The highest BCUT2D eigenvalue weighted by Crippen LogP contribution is 2.31. The molecule has 0 aromatic carbocycles. The van der Waals surface area contributed by atoms with E-state index in [9.17, 15) is 120 Å². The molecule has 0 aliphatic carbocycles. The summed E-state index contributed by atoms with van der Waals surface area (Å²) in [5, 5.41) is 29.2. The predicted molar refractivity (Wildman–Crippen MR) is 532 cm³/mol. The number of carbonyl (C=O) groups excluding carboxylic acids is 25. The van der Waals surface area contributed by atoms with E-state index in [1.54, 1.807) is 0 Å². The Bertz CT molecular complexity index is 4030. The number of nitrogens with zero attached hydrogens (tertiary/aromatic N) is 10. The normalized spacial score (nSPS) is 19.8. The number of amides is 20. The first-order valence-electron chi connectivity index (χ1n) is 52.1. The highest BCUT2D eigenvalue weighted by atomic mass is 16.8. The van der Waals surface area contributed by atoms with Crippen LogP contribution in [0, 0.1) is 27.1 Å². The zero-order valence-electron chi connectivity index (χ0n) is 90.0. The van der Waals surface area contributed by atoms with E-state index in [1.807, 2.05) is 0 Å². The number of hydrogen-bond acceptors (Lipinski definition) is 35. The second-order valence-electron chi connectivity index (χ2n) is 44.4. The summed E-state index contributed by atoms with van der Waals surface area (Å²) in [5.41, 5.74) is 0.552. The second-order valence-corrected chi connectivity index (χ2v) is 44.4. The monoisotopic (exact) mass is 2170 g/mol. The van der Waals surface area contributed by atoms with Gasteiger partial charge in [-0.1, -0.05) is 104 Å². The highest BCUT2D eigenvalue weighted by molar-refractivity contribution is 6.05. The van der Waals surface area contributed by atoms with Crippen molar-refractivity contribution < 1.29 is 144 Å². The van der Waals surface area contributed by atoms with Gasteiger partial charge in [0.2, 0.25) is 59.1 Å². The highest BCUT2D eigenvalue weighted by Gasteiger charge is 2.43. The van der Waals surface area contributed by atoms with Gasteiger partial charge in [0.1, 0.15) is 0 Å². The Hall–Kier alpha value is -12.4. The van der Waals surface area contributed by atoms with Gasteiger partial charge in [-0.25, -0.2) is 24.0 Å². The minimum Gasteiger partial charge on any atom is -0.355 e. The van der Waals surface area contributed by atoms with Crippen LogP contribution in [0.1, 0.15) is 296 Å². The largest absolute Gasteiger partial charge is 0.355 e. The molecule has 10 N–H and O–H groups in total. The van der Waals surface area contributed by atoms with Crippen LogP contribution in [0.3, 0.4) is 0 Å². The first kappa shape index (κ1) is 126. The standard InChI is InChI=1S/5C20H32N4O6/c5*1-20(2,3)13-23-12-4-5-14(23)19(29)22-10-8-15(25)21-11-9-18(28)30-24-16(26)6-7-17(24)27/h5*14H,4-13H2,1-3H3,(H,21,25)(H,22,29)/i1+1,2+1,4+1,5+1,12+1,13+1,14+1,21+1,22+1;1+1,2+1,4+1,5+1,12+1,13+1,14+1,15+1,23+1;1+1,2+1,3+1,13+1,15+1,18+1,20+1,21+1,23+1;1+1,2+1,3+1,13+1,14+1,18+1,20+1,21+1,22+1;1+1,2+1,3+1,13+1,14+1,15+1,20+1,21+1,23+1. The maximum atomic E-state index is 12.4. The van der Waals surface area contributed by atoms with Crippen molar-refractivity contribution in [3.63, 3.8) is 0 Å². The van der Waals surface area contributed by atoms with Gasteiger partial charge >= 0.3 is 29.8 Å². The summed E-state index contributed by atoms with van der Waals surface area (Å²) in [6.45, 7) is 42.0. The van der Waals surface area contributed by atoms with Crippen LogP contribution in [0.4, 0.5) is 0 Å². The van der Waals surface area contributed by atoms with Crippen molar-refractivity contribution in [2.45, 2.75) is 327 Å².